The first-order valence-electron chi connectivity index (χ1n) is 6.55. The molecule has 0 aliphatic carbocycles. The predicted molar refractivity (Wildman–Crippen MR) is 84.5 cm³/mol. The number of benzene rings is 1. The SMILES string of the molecule is C[C@@H](Nc1cncc(Br)c1)c1ccc2c(c1)NC(=O)CO2. The van der Waals surface area contributed by atoms with Crippen molar-refractivity contribution in [3.8, 4) is 5.75 Å². The Hall–Kier alpha value is -2.08. The molecule has 6 heteroatoms. The lowest BCUT2D eigenvalue weighted by Crippen LogP contribution is -2.25. The number of amides is 1. The Morgan fingerprint density at radius 3 is 3.05 bits per heavy atom. The summed E-state index contributed by atoms with van der Waals surface area (Å²) in [5, 5.41) is 6.19. The first kappa shape index (κ1) is 13.9. The molecule has 2 aromatic rings. The third-order valence-corrected chi connectivity index (χ3v) is 3.66. The molecule has 1 aliphatic rings. The maximum atomic E-state index is 11.4. The largest absolute Gasteiger partial charge is 0.482 e. The summed E-state index contributed by atoms with van der Waals surface area (Å²) in [5.74, 6) is 0.575. The lowest BCUT2D eigenvalue weighted by molar-refractivity contribution is -0.118. The van der Waals surface area contributed by atoms with Crippen molar-refractivity contribution in [2.45, 2.75) is 13.0 Å². The molecule has 1 aromatic carbocycles. The molecular formula is C15H14BrN3O2. The second-order valence-electron chi connectivity index (χ2n) is 4.85. The van der Waals surface area contributed by atoms with Gasteiger partial charge in [0.05, 0.1) is 17.6 Å². The highest BCUT2D eigenvalue weighted by atomic mass is 79.9. The average molecular weight is 348 g/mol. The van der Waals surface area contributed by atoms with Crippen LogP contribution in [0.1, 0.15) is 18.5 Å². The van der Waals surface area contributed by atoms with Crippen LogP contribution in [0, 0.1) is 0 Å². The van der Waals surface area contributed by atoms with Crippen LogP contribution < -0.4 is 15.4 Å². The van der Waals surface area contributed by atoms with Gasteiger partial charge in [-0.05, 0) is 46.6 Å². The van der Waals surface area contributed by atoms with E-state index in [0.29, 0.717) is 11.4 Å². The van der Waals surface area contributed by atoms with E-state index < -0.39 is 0 Å². The minimum Gasteiger partial charge on any atom is -0.482 e. The lowest BCUT2D eigenvalue weighted by atomic mass is 10.1. The van der Waals surface area contributed by atoms with Crippen molar-refractivity contribution in [3.05, 3.63) is 46.7 Å². The quantitative estimate of drug-likeness (QED) is 0.893. The van der Waals surface area contributed by atoms with Crippen molar-refractivity contribution in [2.24, 2.45) is 0 Å². The van der Waals surface area contributed by atoms with Gasteiger partial charge < -0.3 is 15.4 Å². The van der Waals surface area contributed by atoms with Crippen molar-refractivity contribution in [1.29, 1.82) is 0 Å². The second kappa shape index (κ2) is 5.73. The predicted octanol–water partition coefficient (Wildman–Crippen LogP) is 3.35. The van der Waals surface area contributed by atoms with E-state index in [-0.39, 0.29) is 18.6 Å². The minimum atomic E-state index is -0.128. The summed E-state index contributed by atoms with van der Waals surface area (Å²) in [6.07, 6.45) is 3.51. The van der Waals surface area contributed by atoms with Gasteiger partial charge in [-0.1, -0.05) is 6.07 Å². The number of carbonyl (C=O) groups is 1. The van der Waals surface area contributed by atoms with Crippen LogP contribution in [-0.4, -0.2) is 17.5 Å². The second-order valence-corrected chi connectivity index (χ2v) is 5.77. The molecule has 2 heterocycles. The Balaban J connectivity index is 1.80. The van der Waals surface area contributed by atoms with Gasteiger partial charge in [0.1, 0.15) is 5.75 Å². The summed E-state index contributed by atoms with van der Waals surface area (Å²) in [6.45, 7) is 2.12. The van der Waals surface area contributed by atoms with Crippen LogP contribution in [0.4, 0.5) is 11.4 Å². The smallest absolute Gasteiger partial charge is 0.262 e. The summed E-state index contributed by atoms with van der Waals surface area (Å²) in [5.41, 5.74) is 2.69. The van der Waals surface area contributed by atoms with Crippen LogP contribution in [0.5, 0.6) is 5.75 Å². The van der Waals surface area contributed by atoms with E-state index in [9.17, 15) is 4.79 Å². The third kappa shape index (κ3) is 3.16. The van der Waals surface area contributed by atoms with Crippen LogP contribution in [-0.2, 0) is 4.79 Å². The Morgan fingerprint density at radius 1 is 1.38 bits per heavy atom. The van der Waals surface area contributed by atoms with Crippen molar-refractivity contribution in [1.82, 2.24) is 4.98 Å². The van der Waals surface area contributed by atoms with Gasteiger partial charge in [0, 0.05) is 16.7 Å². The van der Waals surface area contributed by atoms with Crippen molar-refractivity contribution < 1.29 is 9.53 Å². The number of aromatic nitrogens is 1. The van der Waals surface area contributed by atoms with Gasteiger partial charge in [-0.25, -0.2) is 0 Å². The van der Waals surface area contributed by atoms with E-state index in [2.05, 4.69) is 31.5 Å². The summed E-state index contributed by atoms with van der Waals surface area (Å²) >= 11 is 3.40. The van der Waals surface area contributed by atoms with E-state index in [1.54, 1.807) is 12.4 Å². The molecule has 3 rings (SSSR count). The zero-order valence-corrected chi connectivity index (χ0v) is 13.0. The monoisotopic (exact) mass is 347 g/mol. The molecule has 0 fully saturated rings. The number of anilines is 2. The molecule has 1 aromatic heterocycles. The van der Waals surface area contributed by atoms with Gasteiger partial charge in [0.2, 0.25) is 0 Å². The molecule has 0 saturated carbocycles. The van der Waals surface area contributed by atoms with Crippen molar-refractivity contribution in [2.75, 3.05) is 17.2 Å². The highest BCUT2D eigenvalue weighted by Crippen LogP contribution is 2.31. The molecule has 2 N–H and O–H groups in total. The van der Waals surface area contributed by atoms with Gasteiger partial charge >= 0.3 is 0 Å². The minimum absolute atomic E-state index is 0.0733. The fourth-order valence-corrected chi connectivity index (χ4v) is 2.56. The Bertz CT molecular complexity index is 690. The van der Waals surface area contributed by atoms with E-state index >= 15 is 0 Å². The normalized spacial score (nSPS) is 14.7. The number of fused-ring (bicyclic) bond motifs is 1. The van der Waals surface area contributed by atoms with E-state index in [4.69, 9.17) is 4.74 Å². The van der Waals surface area contributed by atoms with Gasteiger partial charge in [-0.2, -0.15) is 0 Å². The zero-order valence-electron chi connectivity index (χ0n) is 11.4. The van der Waals surface area contributed by atoms with Crippen LogP contribution in [0.3, 0.4) is 0 Å². The Labute approximate surface area is 130 Å². The summed E-state index contributed by atoms with van der Waals surface area (Å²) in [4.78, 5) is 15.5. The molecule has 0 radical (unpaired) electrons. The van der Waals surface area contributed by atoms with E-state index in [0.717, 1.165) is 15.7 Å². The maximum absolute atomic E-state index is 11.4. The molecule has 108 valence electrons. The van der Waals surface area contributed by atoms with E-state index in [1.165, 1.54) is 0 Å². The number of hydrogen-bond acceptors (Lipinski definition) is 4. The van der Waals surface area contributed by atoms with Crippen molar-refractivity contribution in [3.63, 3.8) is 0 Å². The van der Waals surface area contributed by atoms with Crippen LogP contribution in [0.2, 0.25) is 0 Å². The average Bonchev–Trinajstić information content (AvgIpc) is 2.46. The topological polar surface area (TPSA) is 63.2 Å². The standard InChI is InChI=1S/C15H14BrN3O2/c1-9(18-12-5-11(16)6-17-7-12)10-2-3-14-13(4-10)19-15(20)8-21-14/h2-7,9,18H,8H2,1H3,(H,19,20)/t9-/m1/s1. The van der Waals surface area contributed by atoms with Gasteiger partial charge in [-0.3, -0.25) is 9.78 Å². The molecule has 1 atom stereocenters. The Morgan fingerprint density at radius 2 is 2.24 bits per heavy atom. The number of nitrogens with one attached hydrogen (secondary N) is 2. The fraction of sp³-hybridized carbons (Fsp3) is 0.200. The molecule has 0 saturated heterocycles. The number of rotatable bonds is 3. The highest BCUT2D eigenvalue weighted by molar-refractivity contribution is 9.10. The number of ether oxygens (including phenoxy) is 1. The molecule has 0 bridgehead atoms. The molecule has 5 nitrogen and oxygen atoms in total. The lowest BCUT2D eigenvalue weighted by Gasteiger charge is -2.21. The summed E-state index contributed by atoms with van der Waals surface area (Å²) in [6, 6.07) is 7.83. The van der Waals surface area contributed by atoms with Crippen LogP contribution in [0.15, 0.2) is 41.1 Å². The molecule has 0 spiro atoms. The first-order chi connectivity index (χ1) is 10.1. The fourth-order valence-electron chi connectivity index (χ4n) is 2.19. The third-order valence-electron chi connectivity index (χ3n) is 3.22. The molecule has 0 unspecified atom stereocenters. The van der Waals surface area contributed by atoms with Gasteiger partial charge in [0.25, 0.3) is 5.91 Å². The van der Waals surface area contributed by atoms with Crippen LogP contribution in [0.25, 0.3) is 0 Å². The zero-order chi connectivity index (χ0) is 14.8. The van der Waals surface area contributed by atoms with Gasteiger partial charge in [-0.15, -0.1) is 0 Å². The summed E-state index contributed by atoms with van der Waals surface area (Å²) < 4.78 is 6.28. The number of hydrogen-bond donors (Lipinski definition) is 2. The molecule has 21 heavy (non-hydrogen) atoms. The van der Waals surface area contributed by atoms with Gasteiger partial charge in [0.15, 0.2) is 6.61 Å². The van der Waals surface area contributed by atoms with Crippen LogP contribution >= 0.6 is 15.9 Å². The summed E-state index contributed by atoms with van der Waals surface area (Å²) in [7, 11) is 0. The maximum Gasteiger partial charge on any atom is 0.262 e. The number of nitrogens with zero attached hydrogens (tertiary/aromatic N) is 1. The van der Waals surface area contributed by atoms with Crippen molar-refractivity contribution >= 4 is 33.2 Å². The number of pyridine rings is 1. The molecular weight excluding hydrogens is 334 g/mol. The van der Waals surface area contributed by atoms with E-state index in [1.807, 2.05) is 31.2 Å². The number of halogens is 1. The molecule has 1 aliphatic heterocycles. The Kier molecular flexibility index (Phi) is 3.79. The first-order valence-corrected chi connectivity index (χ1v) is 7.35. The number of carbonyl (C=O) groups excluding carboxylic acids is 1. The highest BCUT2D eigenvalue weighted by Gasteiger charge is 2.17. The molecule has 1 amide bonds.